The quantitative estimate of drug-likeness (QED) is 0.837. The van der Waals surface area contributed by atoms with Crippen molar-refractivity contribution in [2.45, 2.75) is 13.8 Å². The maximum absolute atomic E-state index is 11.4. The predicted octanol–water partition coefficient (Wildman–Crippen LogP) is 2.81. The molecule has 1 N–H and O–H groups in total. The van der Waals surface area contributed by atoms with Gasteiger partial charge in [0.25, 0.3) is 0 Å². The van der Waals surface area contributed by atoms with E-state index in [0.29, 0.717) is 16.3 Å². The van der Waals surface area contributed by atoms with Gasteiger partial charge in [0.15, 0.2) is 0 Å². The lowest BCUT2D eigenvalue weighted by Gasteiger charge is -2.09. The highest BCUT2D eigenvalue weighted by Gasteiger charge is 2.09. The zero-order chi connectivity index (χ0) is 11.4. The number of rotatable bonds is 2. The van der Waals surface area contributed by atoms with E-state index in [2.05, 4.69) is 5.32 Å². The molecule has 4 heteroatoms. The lowest BCUT2D eigenvalue weighted by Crippen LogP contribution is -2.17. The van der Waals surface area contributed by atoms with Crippen LogP contribution < -0.4 is 5.32 Å². The largest absolute Gasteiger partial charge is 0.325 e. The van der Waals surface area contributed by atoms with Crippen LogP contribution in [0.3, 0.4) is 0 Å². The lowest BCUT2D eigenvalue weighted by atomic mass is 10.2. The molecule has 1 aromatic carbocycles. The number of nitrogens with one attached hydrogen (secondary N) is 1. The van der Waals surface area contributed by atoms with Gasteiger partial charge in [-0.2, -0.15) is 5.26 Å². The second-order valence-electron chi connectivity index (χ2n) is 3.45. The number of carbonyl (C=O) groups is 1. The van der Waals surface area contributed by atoms with Gasteiger partial charge >= 0.3 is 0 Å². The van der Waals surface area contributed by atoms with Crippen molar-refractivity contribution in [3.8, 4) is 6.07 Å². The van der Waals surface area contributed by atoms with Crippen LogP contribution in [0.15, 0.2) is 18.2 Å². The Balaban J connectivity index is 2.89. The minimum atomic E-state index is -0.100. The van der Waals surface area contributed by atoms with E-state index in [4.69, 9.17) is 16.9 Å². The van der Waals surface area contributed by atoms with Gasteiger partial charge in [0.05, 0.1) is 22.3 Å². The van der Waals surface area contributed by atoms with Gasteiger partial charge < -0.3 is 5.32 Å². The van der Waals surface area contributed by atoms with E-state index in [1.807, 2.05) is 6.07 Å². The van der Waals surface area contributed by atoms with Crippen LogP contribution in [0, 0.1) is 17.2 Å². The Kier molecular flexibility index (Phi) is 3.70. The minimum absolute atomic E-state index is 0.0957. The monoisotopic (exact) mass is 222 g/mol. The highest BCUT2D eigenvalue weighted by atomic mass is 35.5. The lowest BCUT2D eigenvalue weighted by molar-refractivity contribution is -0.118. The van der Waals surface area contributed by atoms with Crippen LogP contribution in [-0.4, -0.2) is 5.91 Å². The standard InChI is InChI=1S/C11H11ClN2O/c1-7(2)11(15)14-10-4-3-8(6-13)5-9(10)12/h3-5,7H,1-2H3,(H,14,15). The third-order valence-corrected chi connectivity index (χ3v) is 2.19. The highest BCUT2D eigenvalue weighted by molar-refractivity contribution is 6.33. The van der Waals surface area contributed by atoms with E-state index in [1.54, 1.807) is 26.0 Å². The van der Waals surface area contributed by atoms with Gasteiger partial charge in [-0.3, -0.25) is 4.79 Å². The summed E-state index contributed by atoms with van der Waals surface area (Å²) in [6.07, 6.45) is 0. The van der Waals surface area contributed by atoms with Crippen LogP contribution in [0.2, 0.25) is 5.02 Å². The number of anilines is 1. The molecule has 1 amide bonds. The molecule has 0 aliphatic carbocycles. The Bertz CT molecular complexity index is 421. The predicted molar refractivity (Wildman–Crippen MR) is 59.6 cm³/mol. The molecule has 0 aliphatic rings. The number of amides is 1. The molecule has 0 bridgehead atoms. The van der Waals surface area contributed by atoms with Gasteiger partial charge in [-0.1, -0.05) is 25.4 Å². The van der Waals surface area contributed by atoms with Crippen molar-refractivity contribution in [3.63, 3.8) is 0 Å². The summed E-state index contributed by atoms with van der Waals surface area (Å²) in [7, 11) is 0. The van der Waals surface area contributed by atoms with Crippen molar-refractivity contribution >= 4 is 23.2 Å². The van der Waals surface area contributed by atoms with Crippen molar-refractivity contribution in [2.75, 3.05) is 5.32 Å². The molecule has 1 rings (SSSR count). The second kappa shape index (κ2) is 4.81. The van der Waals surface area contributed by atoms with E-state index in [1.165, 1.54) is 6.07 Å². The first-order chi connectivity index (χ1) is 7.04. The van der Waals surface area contributed by atoms with Crippen molar-refractivity contribution < 1.29 is 4.79 Å². The van der Waals surface area contributed by atoms with Crippen LogP contribution in [0.5, 0.6) is 0 Å². The normalized spacial score (nSPS) is 9.80. The van der Waals surface area contributed by atoms with E-state index < -0.39 is 0 Å². The third-order valence-electron chi connectivity index (χ3n) is 1.88. The molecule has 0 saturated carbocycles. The molecule has 78 valence electrons. The molecule has 0 heterocycles. The minimum Gasteiger partial charge on any atom is -0.325 e. The fourth-order valence-corrected chi connectivity index (χ4v) is 1.19. The zero-order valence-electron chi connectivity index (χ0n) is 8.54. The molecule has 0 atom stereocenters. The average Bonchev–Trinajstić information content (AvgIpc) is 2.20. The topological polar surface area (TPSA) is 52.9 Å². The van der Waals surface area contributed by atoms with Crippen LogP contribution in [0.4, 0.5) is 5.69 Å². The summed E-state index contributed by atoms with van der Waals surface area (Å²) in [5, 5.41) is 11.7. The van der Waals surface area contributed by atoms with Crippen molar-refractivity contribution in [3.05, 3.63) is 28.8 Å². The first-order valence-corrected chi connectivity index (χ1v) is 4.93. The number of hydrogen-bond donors (Lipinski definition) is 1. The van der Waals surface area contributed by atoms with Gasteiger partial charge in [-0.15, -0.1) is 0 Å². The molecule has 0 fully saturated rings. The number of halogens is 1. The molecule has 0 unspecified atom stereocenters. The Hall–Kier alpha value is -1.53. The molecular weight excluding hydrogens is 212 g/mol. The van der Waals surface area contributed by atoms with E-state index in [0.717, 1.165) is 0 Å². The number of benzene rings is 1. The molecule has 1 aromatic rings. The van der Waals surface area contributed by atoms with Gasteiger partial charge in [-0.25, -0.2) is 0 Å². The van der Waals surface area contributed by atoms with Gasteiger partial charge in [0.2, 0.25) is 5.91 Å². The molecular formula is C11H11ClN2O. The molecule has 0 radical (unpaired) electrons. The molecule has 0 spiro atoms. The highest BCUT2D eigenvalue weighted by Crippen LogP contribution is 2.23. The Morgan fingerprint density at radius 3 is 2.67 bits per heavy atom. The summed E-state index contributed by atoms with van der Waals surface area (Å²) in [5.41, 5.74) is 1.01. The van der Waals surface area contributed by atoms with Crippen LogP contribution >= 0.6 is 11.6 Å². The Morgan fingerprint density at radius 2 is 2.20 bits per heavy atom. The zero-order valence-corrected chi connectivity index (χ0v) is 9.30. The van der Waals surface area contributed by atoms with Gasteiger partial charge in [0, 0.05) is 5.92 Å². The number of nitriles is 1. The maximum Gasteiger partial charge on any atom is 0.226 e. The average molecular weight is 223 g/mol. The van der Waals surface area contributed by atoms with E-state index in [-0.39, 0.29) is 11.8 Å². The molecule has 15 heavy (non-hydrogen) atoms. The summed E-state index contributed by atoms with van der Waals surface area (Å²) in [5.74, 6) is -0.196. The summed E-state index contributed by atoms with van der Waals surface area (Å²) < 4.78 is 0. The summed E-state index contributed by atoms with van der Waals surface area (Å²) in [6.45, 7) is 3.60. The number of nitrogens with zero attached hydrogens (tertiary/aromatic N) is 1. The van der Waals surface area contributed by atoms with Gasteiger partial charge in [-0.05, 0) is 18.2 Å². The molecule has 3 nitrogen and oxygen atoms in total. The fourth-order valence-electron chi connectivity index (χ4n) is 0.963. The summed E-state index contributed by atoms with van der Waals surface area (Å²) in [6, 6.07) is 6.74. The van der Waals surface area contributed by atoms with Crippen molar-refractivity contribution in [1.82, 2.24) is 0 Å². The first-order valence-electron chi connectivity index (χ1n) is 4.55. The smallest absolute Gasteiger partial charge is 0.226 e. The molecule has 0 aliphatic heterocycles. The van der Waals surface area contributed by atoms with Crippen LogP contribution in [-0.2, 0) is 4.79 Å². The summed E-state index contributed by atoms with van der Waals surface area (Å²) >= 11 is 5.89. The molecule has 0 saturated heterocycles. The molecule has 0 aromatic heterocycles. The Labute approximate surface area is 93.7 Å². The third kappa shape index (κ3) is 2.97. The van der Waals surface area contributed by atoms with Crippen LogP contribution in [0.25, 0.3) is 0 Å². The first kappa shape index (κ1) is 11.5. The maximum atomic E-state index is 11.4. The summed E-state index contributed by atoms with van der Waals surface area (Å²) in [4.78, 5) is 11.4. The SMILES string of the molecule is CC(C)C(=O)Nc1ccc(C#N)cc1Cl. The number of hydrogen-bond acceptors (Lipinski definition) is 2. The number of carbonyl (C=O) groups excluding carboxylic acids is 1. The van der Waals surface area contributed by atoms with E-state index >= 15 is 0 Å². The van der Waals surface area contributed by atoms with E-state index in [9.17, 15) is 4.79 Å². The van der Waals surface area contributed by atoms with Gasteiger partial charge in [0.1, 0.15) is 0 Å². The van der Waals surface area contributed by atoms with Crippen molar-refractivity contribution in [2.24, 2.45) is 5.92 Å². The Morgan fingerprint density at radius 1 is 1.53 bits per heavy atom. The second-order valence-corrected chi connectivity index (χ2v) is 3.86. The van der Waals surface area contributed by atoms with Crippen molar-refractivity contribution in [1.29, 1.82) is 5.26 Å². The fraction of sp³-hybridized carbons (Fsp3) is 0.273. The van der Waals surface area contributed by atoms with Crippen LogP contribution in [0.1, 0.15) is 19.4 Å².